The Bertz CT molecular complexity index is 421. The second-order valence-corrected chi connectivity index (χ2v) is 4.95. The van der Waals surface area contributed by atoms with Crippen LogP contribution in [0.5, 0.6) is 5.75 Å². The van der Waals surface area contributed by atoms with Gasteiger partial charge in [0.05, 0.1) is 16.7 Å². The van der Waals surface area contributed by atoms with Gasteiger partial charge in [0.15, 0.2) is 0 Å². The Morgan fingerprint density at radius 3 is 2.84 bits per heavy atom. The van der Waals surface area contributed by atoms with Gasteiger partial charge in [-0.1, -0.05) is 11.6 Å². The Morgan fingerprint density at radius 2 is 2.16 bits per heavy atom. The molecule has 0 bridgehead atoms. The number of benzene rings is 1. The van der Waals surface area contributed by atoms with Crippen molar-refractivity contribution in [2.24, 2.45) is 0 Å². The van der Waals surface area contributed by atoms with Crippen LogP contribution in [0.4, 0.5) is 0 Å². The summed E-state index contributed by atoms with van der Waals surface area (Å²) < 4.78 is 5.40. The Kier molecular flexibility index (Phi) is 6.67. The van der Waals surface area contributed by atoms with Gasteiger partial charge in [0.2, 0.25) is 0 Å². The molecule has 0 atom stereocenters. The third-order valence-electron chi connectivity index (χ3n) is 2.50. The molecule has 0 fully saturated rings. The molecule has 0 saturated carbocycles. The Morgan fingerprint density at radius 1 is 1.42 bits per heavy atom. The number of unbranched alkanes of at least 4 members (excludes halogenated alkanes) is 1. The molecule has 0 aliphatic rings. The van der Waals surface area contributed by atoms with E-state index in [-0.39, 0.29) is 17.8 Å². The zero-order valence-corrected chi connectivity index (χ0v) is 12.0. The van der Waals surface area contributed by atoms with Crippen molar-refractivity contribution in [3.63, 3.8) is 0 Å². The normalized spacial score (nSPS) is 10.7. The first-order valence-electron chi connectivity index (χ1n) is 6.39. The molecule has 0 aliphatic carbocycles. The quantitative estimate of drug-likeness (QED) is 0.757. The summed E-state index contributed by atoms with van der Waals surface area (Å²) >= 11 is 5.90. The minimum absolute atomic E-state index is 0.0277. The molecule has 1 aromatic carbocycles. The first-order chi connectivity index (χ1) is 9.00. The van der Waals surface area contributed by atoms with E-state index >= 15 is 0 Å². The molecule has 1 aromatic rings. The van der Waals surface area contributed by atoms with E-state index in [4.69, 9.17) is 16.3 Å². The van der Waals surface area contributed by atoms with Crippen LogP contribution in [0.1, 0.15) is 37.0 Å². The standard InChI is InChI=1S/C14H20ClNO3/c1-10(2)19-8-4-3-7-16-14(18)12-9-11(17)5-6-13(12)15/h5-6,9-10,17H,3-4,7-8H2,1-2H3,(H,16,18). The highest BCUT2D eigenvalue weighted by atomic mass is 35.5. The summed E-state index contributed by atoms with van der Waals surface area (Å²) in [6.45, 7) is 5.24. The number of aromatic hydroxyl groups is 1. The molecule has 0 spiro atoms. The van der Waals surface area contributed by atoms with Crippen LogP contribution in [0.25, 0.3) is 0 Å². The van der Waals surface area contributed by atoms with Crippen LogP contribution in [0.15, 0.2) is 18.2 Å². The van der Waals surface area contributed by atoms with Gasteiger partial charge in [-0.25, -0.2) is 0 Å². The summed E-state index contributed by atoms with van der Waals surface area (Å²) in [6, 6.07) is 4.31. The summed E-state index contributed by atoms with van der Waals surface area (Å²) in [5, 5.41) is 12.4. The van der Waals surface area contributed by atoms with Gasteiger partial charge in [0.1, 0.15) is 5.75 Å². The minimum atomic E-state index is -0.273. The van der Waals surface area contributed by atoms with Crippen LogP contribution in [0.3, 0.4) is 0 Å². The van der Waals surface area contributed by atoms with Crippen LogP contribution < -0.4 is 5.32 Å². The molecule has 2 N–H and O–H groups in total. The summed E-state index contributed by atoms with van der Waals surface area (Å²) in [5.74, 6) is -0.245. The lowest BCUT2D eigenvalue weighted by Crippen LogP contribution is -2.25. The summed E-state index contributed by atoms with van der Waals surface area (Å²) in [7, 11) is 0. The zero-order chi connectivity index (χ0) is 14.3. The molecular weight excluding hydrogens is 266 g/mol. The van der Waals surface area contributed by atoms with Crippen LogP contribution >= 0.6 is 11.6 Å². The van der Waals surface area contributed by atoms with E-state index in [1.54, 1.807) is 0 Å². The van der Waals surface area contributed by atoms with Gasteiger partial charge in [-0.2, -0.15) is 0 Å². The number of phenolic OH excluding ortho intramolecular Hbond substituents is 1. The maximum absolute atomic E-state index is 11.8. The van der Waals surface area contributed by atoms with E-state index in [0.717, 1.165) is 12.8 Å². The molecule has 106 valence electrons. The van der Waals surface area contributed by atoms with E-state index in [9.17, 15) is 9.90 Å². The van der Waals surface area contributed by atoms with Gasteiger partial charge < -0.3 is 15.2 Å². The molecule has 0 saturated heterocycles. The molecule has 19 heavy (non-hydrogen) atoms. The van der Waals surface area contributed by atoms with Crippen LogP contribution in [0, 0.1) is 0 Å². The highest BCUT2D eigenvalue weighted by molar-refractivity contribution is 6.33. The molecule has 1 amide bonds. The molecule has 1 rings (SSSR count). The summed E-state index contributed by atoms with van der Waals surface area (Å²) in [4.78, 5) is 11.8. The lowest BCUT2D eigenvalue weighted by molar-refractivity contribution is 0.0754. The number of hydrogen-bond acceptors (Lipinski definition) is 3. The van der Waals surface area contributed by atoms with E-state index < -0.39 is 0 Å². The SMILES string of the molecule is CC(C)OCCCCNC(=O)c1cc(O)ccc1Cl. The maximum atomic E-state index is 11.8. The van der Waals surface area contributed by atoms with Gasteiger partial charge >= 0.3 is 0 Å². The van der Waals surface area contributed by atoms with Crippen molar-refractivity contribution in [1.82, 2.24) is 5.32 Å². The zero-order valence-electron chi connectivity index (χ0n) is 11.3. The number of nitrogens with one attached hydrogen (secondary N) is 1. The van der Waals surface area contributed by atoms with Gasteiger partial charge in [-0.15, -0.1) is 0 Å². The van der Waals surface area contributed by atoms with Crippen molar-refractivity contribution in [2.75, 3.05) is 13.2 Å². The minimum Gasteiger partial charge on any atom is -0.508 e. The van der Waals surface area contributed by atoms with E-state index in [1.165, 1.54) is 18.2 Å². The monoisotopic (exact) mass is 285 g/mol. The predicted molar refractivity (Wildman–Crippen MR) is 75.8 cm³/mol. The fraction of sp³-hybridized carbons (Fsp3) is 0.500. The Hall–Kier alpha value is -1.26. The number of phenols is 1. The molecular formula is C14H20ClNO3. The second kappa shape index (κ2) is 8.02. The van der Waals surface area contributed by atoms with Crippen molar-refractivity contribution in [2.45, 2.75) is 32.8 Å². The number of carbonyl (C=O) groups is 1. The van der Waals surface area contributed by atoms with E-state index in [1.807, 2.05) is 13.8 Å². The lowest BCUT2D eigenvalue weighted by atomic mass is 10.2. The third kappa shape index (κ3) is 5.94. The van der Waals surface area contributed by atoms with Crippen LogP contribution in [0.2, 0.25) is 5.02 Å². The van der Waals surface area contributed by atoms with E-state index in [0.29, 0.717) is 23.7 Å². The number of halogens is 1. The number of carbonyl (C=O) groups excluding carboxylic acids is 1. The Balaban J connectivity index is 2.29. The average molecular weight is 286 g/mol. The van der Waals surface area contributed by atoms with Gasteiger partial charge in [-0.3, -0.25) is 4.79 Å². The molecule has 4 nitrogen and oxygen atoms in total. The lowest BCUT2D eigenvalue weighted by Gasteiger charge is -2.09. The highest BCUT2D eigenvalue weighted by Gasteiger charge is 2.10. The summed E-state index contributed by atoms with van der Waals surface area (Å²) in [5.41, 5.74) is 0.292. The van der Waals surface area contributed by atoms with Crippen molar-refractivity contribution in [1.29, 1.82) is 0 Å². The van der Waals surface area contributed by atoms with Gasteiger partial charge in [-0.05, 0) is 44.9 Å². The Labute approximate surface area is 118 Å². The van der Waals surface area contributed by atoms with Crippen molar-refractivity contribution in [3.05, 3.63) is 28.8 Å². The van der Waals surface area contributed by atoms with Crippen molar-refractivity contribution in [3.8, 4) is 5.75 Å². The molecule has 0 heterocycles. The molecule has 0 radical (unpaired) electrons. The van der Waals surface area contributed by atoms with Gasteiger partial charge in [0.25, 0.3) is 5.91 Å². The number of hydrogen-bond donors (Lipinski definition) is 2. The smallest absolute Gasteiger partial charge is 0.252 e. The van der Waals surface area contributed by atoms with Crippen LogP contribution in [-0.2, 0) is 4.74 Å². The molecule has 0 unspecified atom stereocenters. The van der Waals surface area contributed by atoms with E-state index in [2.05, 4.69) is 5.32 Å². The van der Waals surface area contributed by atoms with Crippen LogP contribution in [-0.4, -0.2) is 30.3 Å². The summed E-state index contributed by atoms with van der Waals surface area (Å²) in [6.07, 6.45) is 1.97. The number of amides is 1. The predicted octanol–water partition coefficient (Wildman–Crippen LogP) is 2.98. The first-order valence-corrected chi connectivity index (χ1v) is 6.77. The second-order valence-electron chi connectivity index (χ2n) is 4.55. The fourth-order valence-electron chi connectivity index (χ4n) is 1.53. The molecule has 5 heteroatoms. The van der Waals surface area contributed by atoms with Crippen molar-refractivity contribution < 1.29 is 14.6 Å². The first kappa shape index (κ1) is 15.8. The maximum Gasteiger partial charge on any atom is 0.252 e. The number of rotatable bonds is 7. The molecule has 0 aliphatic heterocycles. The van der Waals surface area contributed by atoms with Crippen molar-refractivity contribution >= 4 is 17.5 Å². The third-order valence-corrected chi connectivity index (χ3v) is 2.83. The van der Waals surface area contributed by atoms with Gasteiger partial charge in [0, 0.05) is 13.2 Å². The average Bonchev–Trinajstić information content (AvgIpc) is 2.36. The number of ether oxygens (including phenoxy) is 1. The highest BCUT2D eigenvalue weighted by Crippen LogP contribution is 2.20. The molecule has 0 aromatic heterocycles. The largest absolute Gasteiger partial charge is 0.508 e. The topological polar surface area (TPSA) is 58.6 Å². The fourth-order valence-corrected chi connectivity index (χ4v) is 1.73.